The number of carbonyl (C=O) groups excluding carboxylic acids is 1. The van der Waals surface area contributed by atoms with Gasteiger partial charge in [-0.2, -0.15) is 0 Å². The Morgan fingerprint density at radius 1 is 1.06 bits per heavy atom. The van der Waals surface area contributed by atoms with Crippen molar-refractivity contribution in [2.45, 2.75) is 26.7 Å². The largest absolute Gasteiger partial charge is 0.478 e. The molecule has 0 bridgehead atoms. The average Bonchev–Trinajstić information content (AvgIpc) is 2.27. The molecule has 0 aliphatic heterocycles. The smallest absolute Gasteiger partial charge is 0.331 e. The number of carbonyl (C=O) groups is 3. The molecule has 0 heterocycles. The Balaban J connectivity index is 0. The Labute approximate surface area is 106 Å². The summed E-state index contributed by atoms with van der Waals surface area (Å²) in [5.74, 6) is -2.65. The second-order valence-corrected chi connectivity index (χ2v) is 3.03. The maximum Gasteiger partial charge on any atom is 0.331 e. The number of unbranched alkanes of at least 4 members (excludes halogenated alkanes) is 1. The quantitative estimate of drug-likeness (QED) is 0.426. The molecule has 0 aromatic heterocycles. The van der Waals surface area contributed by atoms with Gasteiger partial charge in [0.1, 0.15) is 0 Å². The fraction of sp³-hybridized carbons (Fsp3) is 0.417. The minimum Gasteiger partial charge on any atom is -0.478 e. The molecule has 0 aliphatic carbocycles. The third-order valence-corrected chi connectivity index (χ3v) is 1.41. The predicted molar refractivity (Wildman–Crippen MR) is 65.1 cm³/mol. The van der Waals surface area contributed by atoms with E-state index in [2.05, 4.69) is 4.74 Å². The van der Waals surface area contributed by atoms with Gasteiger partial charge in [-0.15, -0.1) is 0 Å². The summed E-state index contributed by atoms with van der Waals surface area (Å²) in [5, 5.41) is 16.0. The van der Waals surface area contributed by atoms with Gasteiger partial charge in [0.15, 0.2) is 0 Å². The first kappa shape index (κ1) is 18.3. The lowest BCUT2D eigenvalue weighted by atomic mass is 10.4. The molecule has 2 N–H and O–H groups in total. The van der Waals surface area contributed by atoms with Crippen LogP contribution in [0.3, 0.4) is 0 Å². The molecule has 0 fully saturated rings. The highest BCUT2D eigenvalue weighted by molar-refractivity contribution is 5.90. The van der Waals surface area contributed by atoms with Crippen molar-refractivity contribution in [1.29, 1.82) is 0 Å². The minimum atomic E-state index is -1.15. The third-order valence-electron chi connectivity index (χ3n) is 1.41. The van der Waals surface area contributed by atoms with E-state index in [0.29, 0.717) is 6.61 Å². The van der Waals surface area contributed by atoms with Crippen LogP contribution < -0.4 is 0 Å². The van der Waals surface area contributed by atoms with Crippen LogP contribution in [0.5, 0.6) is 0 Å². The van der Waals surface area contributed by atoms with Gasteiger partial charge in [0, 0.05) is 18.2 Å². The van der Waals surface area contributed by atoms with Crippen molar-refractivity contribution in [3.63, 3.8) is 0 Å². The van der Waals surface area contributed by atoms with Gasteiger partial charge in [-0.1, -0.05) is 19.4 Å². The number of rotatable bonds is 6. The molecule has 0 amide bonds. The Kier molecular flexibility index (Phi) is 13.1. The Morgan fingerprint density at radius 2 is 1.61 bits per heavy atom. The van der Waals surface area contributed by atoms with Crippen molar-refractivity contribution in [1.82, 2.24) is 0 Å². The highest BCUT2D eigenvalue weighted by Gasteiger charge is 1.96. The van der Waals surface area contributed by atoms with Crippen molar-refractivity contribution >= 4 is 17.9 Å². The van der Waals surface area contributed by atoms with E-state index in [1.54, 1.807) is 6.92 Å². The zero-order valence-corrected chi connectivity index (χ0v) is 10.5. The molecule has 0 rings (SSSR count). The lowest BCUT2D eigenvalue weighted by Gasteiger charge is -1.97. The Bertz CT molecular complexity index is 317. The summed E-state index contributed by atoms with van der Waals surface area (Å²) < 4.78 is 4.64. The van der Waals surface area contributed by atoms with Gasteiger partial charge in [-0.05, 0) is 13.3 Å². The maximum atomic E-state index is 10.6. The van der Waals surface area contributed by atoms with Gasteiger partial charge in [0.05, 0.1) is 6.61 Å². The average molecular weight is 258 g/mol. The van der Waals surface area contributed by atoms with Crippen LogP contribution in [0.1, 0.15) is 26.7 Å². The Hall–Kier alpha value is -2.11. The van der Waals surface area contributed by atoms with Crippen molar-refractivity contribution in [2.75, 3.05) is 6.61 Å². The van der Waals surface area contributed by atoms with Gasteiger partial charge in [0.25, 0.3) is 0 Å². The minimum absolute atomic E-state index is 0.347. The number of esters is 1. The van der Waals surface area contributed by atoms with E-state index >= 15 is 0 Å². The standard InChI is InChI=1S/C8H12O4.C4H6O2/c1-2-3-6-12-8(11)5-4-7(9)10;1-2-3-4(5)6/h4-5H,2-3,6H2,1H3,(H,9,10);2-3H,1H3,(H,5,6)/b5-4-;. The van der Waals surface area contributed by atoms with E-state index in [9.17, 15) is 14.4 Å². The SMILES string of the molecule is CC=CC(=O)O.CCCCOC(=O)/C=C\C(=O)O. The van der Waals surface area contributed by atoms with Crippen molar-refractivity contribution < 1.29 is 29.3 Å². The normalized spacial score (nSPS) is 9.89. The molecule has 0 radical (unpaired) electrons. The van der Waals surface area contributed by atoms with E-state index in [1.807, 2.05) is 6.92 Å². The molecule has 0 aromatic carbocycles. The molecule has 18 heavy (non-hydrogen) atoms. The lowest BCUT2D eigenvalue weighted by Crippen LogP contribution is -2.02. The molecule has 102 valence electrons. The number of aliphatic carboxylic acids is 2. The van der Waals surface area contributed by atoms with E-state index in [4.69, 9.17) is 10.2 Å². The first-order chi connectivity index (χ1) is 8.43. The van der Waals surface area contributed by atoms with Crippen LogP contribution in [0.4, 0.5) is 0 Å². The second kappa shape index (κ2) is 13.0. The number of ether oxygens (including phenoxy) is 1. The summed E-state index contributed by atoms with van der Waals surface area (Å²) in [4.78, 5) is 30.1. The van der Waals surface area contributed by atoms with Gasteiger partial charge in [0.2, 0.25) is 0 Å². The zero-order chi connectivity index (χ0) is 14.4. The summed E-state index contributed by atoms with van der Waals surface area (Å²) in [7, 11) is 0. The monoisotopic (exact) mass is 258 g/mol. The van der Waals surface area contributed by atoms with Gasteiger partial charge in [-0.3, -0.25) is 0 Å². The summed E-state index contributed by atoms with van der Waals surface area (Å²) in [6.07, 6.45) is 5.96. The molecule has 0 saturated heterocycles. The Morgan fingerprint density at radius 3 is 1.94 bits per heavy atom. The molecule has 6 heteroatoms. The topological polar surface area (TPSA) is 101 Å². The van der Waals surface area contributed by atoms with Gasteiger partial charge in [-0.25, -0.2) is 14.4 Å². The van der Waals surface area contributed by atoms with Crippen molar-refractivity contribution in [2.24, 2.45) is 0 Å². The number of hydrogen-bond donors (Lipinski definition) is 2. The van der Waals surface area contributed by atoms with Crippen LogP contribution >= 0.6 is 0 Å². The fourth-order valence-corrected chi connectivity index (χ4v) is 0.647. The van der Waals surface area contributed by atoms with Gasteiger partial charge < -0.3 is 14.9 Å². The molecule has 0 spiro atoms. The number of hydrogen-bond acceptors (Lipinski definition) is 4. The molecular weight excluding hydrogens is 240 g/mol. The highest BCUT2D eigenvalue weighted by atomic mass is 16.5. The molecule has 0 unspecified atom stereocenters. The van der Waals surface area contributed by atoms with Crippen LogP contribution in [0.2, 0.25) is 0 Å². The summed E-state index contributed by atoms with van der Waals surface area (Å²) in [6.45, 7) is 3.98. The first-order valence-corrected chi connectivity index (χ1v) is 5.37. The number of carboxylic acid groups (broad SMARTS) is 2. The van der Waals surface area contributed by atoms with Gasteiger partial charge >= 0.3 is 17.9 Å². The lowest BCUT2D eigenvalue weighted by molar-refractivity contribution is -0.138. The van der Waals surface area contributed by atoms with E-state index in [-0.39, 0.29) is 0 Å². The summed E-state index contributed by atoms with van der Waals surface area (Å²) in [6, 6.07) is 0. The predicted octanol–water partition coefficient (Wildman–Crippen LogP) is 1.62. The molecule has 0 saturated carbocycles. The molecule has 0 aliphatic rings. The van der Waals surface area contributed by atoms with Crippen molar-refractivity contribution in [3.8, 4) is 0 Å². The third kappa shape index (κ3) is 19.5. The molecule has 6 nitrogen and oxygen atoms in total. The van der Waals surface area contributed by atoms with E-state index in [1.165, 1.54) is 6.08 Å². The molecular formula is C12H18O6. The number of carboxylic acids is 2. The fourth-order valence-electron chi connectivity index (χ4n) is 0.647. The van der Waals surface area contributed by atoms with Crippen LogP contribution in [0.25, 0.3) is 0 Å². The van der Waals surface area contributed by atoms with Crippen LogP contribution in [-0.4, -0.2) is 34.7 Å². The van der Waals surface area contributed by atoms with Crippen molar-refractivity contribution in [3.05, 3.63) is 24.3 Å². The zero-order valence-electron chi connectivity index (χ0n) is 10.5. The molecule has 0 atom stereocenters. The van der Waals surface area contributed by atoms with E-state index in [0.717, 1.165) is 31.1 Å². The van der Waals surface area contributed by atoms with E-state index < -0.39 is 17.9 Å². The highest BCUT2D eigenvalue weighted by Crippen LogP contribution is 1.89. The summed E-state index contributed by atoms with van der Waals surface area (Å²) >= 11 is 0. The van der Waals surface area contributed by atoms with Crippen LogP contribution in [-0.2, 0) is 19.1 Å². The first-order valence-electron chi connectivity index (χ1n) is 5.37. The van der Waals surface area contributed by atoms with Crippen LogP contribution in [0.15, 0.2) is 24.3 Å². The maximum absolute atomic E-state index is 10.6. The molecule has 0 aromatic rings. The second-order valence-electron chi connectivity index (χ2n) is 3.03. The summed E-state index contributed by atoms with van der Waals surface area (Å²) in [5.41, 5.74) is 0. The number of allylic oxidation sites excluding steroid dienone is 1. The van der Waals surface area contributed by atoms with Crippen LogP contribution in [0, 0.1) is 0 Å².